The Labute approximate surface area is 150 Å². The van der Waals surface area contributed by atoms with E-state index in [1.807, 2.05) is 12.1 Å². The van der Waals surface area contributed by atoms with E-state index in [0.717, 1.165) is 57.6 Å². The number of hydrogen-bond acceptors (Lipinski definition) is 4. The van der Waals surface area contributed by atoms with Gasteiger partial charge in [0.1, 0.15) is 0 Å². The summed E-state index contributed by atoms with van der Waals surface area (Å²) in [5, 5.41) is 0.788. The molecule has 114 valence electrons. The Balaban J connectivity index is 0.00000161. The zero-order valence-electron chi connectivity index (χ0n) is 14.3. The molecule has 0 aliphatic carbocycles. The van der Waals surface area contributed by atoms with Gasteiger partial charge in [0.2, 0.25) is 0 Å². The molecule has 0 aromatic heterocycles. The molecule has 2 heterocycles. The number of ether oxygens (including phenoxy) is 2. The van der Waals surface area contributed by atoms with Gasteiger partial charge in [-0.15, -0.1) is 0 Å². The number of hydrogen-bond donors (Lipinski definition) is 0. The minimum atomic E-state index is 0. The Kier molecular flexibility index (Phi) is 7.21. The van der Waals surface area contributed by atoms with E-state index in [2.05, 4.69) is 21.9 Å². The topological polar surface area (TPSA) is 24.9 Å². The van der Waals surface area contributed by atoms with Gasteiger partial charge in [-0.25, -0.2) is 0 Å². The number of halogens is 1. The molecule has 0 spiro atoms. The Morgan fingerprint density at radius 3 is 1.71 bits per heavy atom. The minimum Gasteiger partial charge on any atom is -1.00 e. The van der Waals surface area contributed by atoms with Gasteiger partial charge in [-0.2, -0.15) is 0 Å². The maximum absolute atomic E-state index is 6.02. The van der Waals surface area contributed by atoms with E-state index >= 15 is 0 Å². The normalized spacial score (nSPS) is 21.2. The molecule has 1 aromatic rings. The van der Waals surface area contributed by atoms with Gasteiger partial charge in [-0.1, -0.05) is 23.7 Å². The summed E-state index contributed by atoms with van der Waals surface area (Å²) in [6, 6.07) is 8.23. The fourth-order valence-electron chi connectivity index (χ4n) is 2.93. The van der Waals surface area contributed by atoms with Crippen LogP contribution < -0.4 is 0 Å². The largest absolute Gasteiger partial charge is 2.00 e. The van der Waals surface area contributed by atoms with Crippen LogP contribution in [0.5, 0.6) is 0 Å². The second-order valence-corrected chi connectivity index (χ2v) is 5.66. The summed E-state index contributed by atoms with van der Waals surface area (Å²) in [5.41, 5.74) is 1.30. The van der Waals surface area contributed by atoms with Crippen molar-refractivity contribution in [1.29, 1.82) is 0 Å². The number of nitrogens with zero attached hydrogens (tertiary/aromatic N) is 2. The van der Waals surface area contributed by atoms with Crippen molar-refractivity contribution in [2.75, 3.05) is 52.6 Å². The first-order valence-electron chi connectivity index (χ1n) is 7.24. The van der Waals surface area contributed by atoms with E-state index in [1.165, 1.54) is 5.56 Å². The van der Waals surface area contributed by atoms with Gasteiger partial charge in [0.15, 0.2) is 0 Å². The molecule has 0 unspecified atom stereocenters. The third kappa shape index (κ3) is 4.54. The van der Waals surface area contributed by atoms with E-state index in [0.29, 0.717) is 6.17 Å². The fourth-order valence-corrected chi connectivity index (χ4v) is 3.06. The second kappa shape index (κ2) is 8.67. The summed E-state index contributed by atoms with van der Waals surface area (Å²) < 4.78 is 11.0. The molecular weight excluding hydrogens is 300 g/mol. The maximum atomic E-state index is 6.02. The molecular formula is C15H23ClMgN2O2. The molecule has 4 nitrogen and oxygen atoms in total. The maximum Gasteiger partial charge on any atom is 2.00 e. The molecule has 2 aliphatic heterocycles. The first-order valence-corrected chi connectivity index (χ1v) is 7.61. The van der Waals surface area contributed by atoms with E-state index in [1.54, 1.807) is 0 Å². The molecule has 0 radical (unpaired) electrons. The van der Waals surface area contributed by atoms with E-state index in [9.17, 15) is 0 Å². The van der Waals surface area contributed by atoms with Crippen molar-refractivity contribution in [3.63, 3.8) is 0 Å². The van der Waals surface area contributed by atoms with Gasteiger partial charge in [0, 0.05) is 31.2 Å². The Morgan fingerprint density at radius 2 is 1.29 bits per heavy atom. The first-order chi connectivity index (χ1) is 9.84. The van der Waals surface area contributed by atoms with Crippen LogP contribution in [-0.2, 0) is 9.47 Å². The van der Waals surface area contributed by atoms with Gasteiger partial charge in [-0.3, -0.25) is 9.80 Å². The molecule has 0 N–H and O–H groups in total. The van der Waals surface area contributed by atoms with Crippen LogP contribution in [0.15, 0.2) is 24.3 Å². The molecule has 3 rings (SSSR count). The predicted molar refractivity (Wildman–Crippen MR) is 87.0 cm³/mol. The third-order valence-corrected chi connectivity index (χ3v) is 4.20. The molecule has 0 bridgehead atoms. The van der Waals surface area contributed by atoms with Crippen LogP contribution in [0.4, 0.5) is 0 Å². The Bertz CT molecular complexity index is 412. The summed E-state index contributed by atoms with van der Waals surface area (Å²) in [4.78, 5) is 5.00. The van der Waals surface area contributed by atoms with Gasteiger partial charge in [0.25, 0.3) is 0 Å². The van der Waals surface area contributed by atoms with Crippen LogP contribution in [0.25, 0.3) is 0 Å². The number of rotatable bonds is 3. The molecule has 6 heteroatoms. The van der Waals surface area contributed by atoms with Crippen LogP contribution in [0, 0.1) is 0 Å². The minimum absolute atomic E-state index is 0. The average Bonchev–Trinajstić information content (AvgIpc) is 2.52. The Morgan fingerprint density at radius 1 is 0.857 bits per heavy atom. The molecule has 21 heavy (non-hydrogen) atoms. The van der Waals surface area contributed by atoms with Crippen molar-refractivity contribution in [2.24, 2.45) is 0 Å². The summed E-state index contributed by atoms with van der Waals surface area (Å²) in [7, 11) is 0. The van der Waals surface area contributed by atoms with Crippen molar-refractivity contribution in [1.82, 2.24) is 9.80 Å². The van der Waals surface area contributed by atoms with E-state index in [-0.39, 0.29) is 25.9 Å². The molecule has 2 aliphatic rings. The number of benzene rings is 1. The summed E-state index contributed by atoms with van der Waals surface area (Å²) in [6.07, 6.45) is 0.306. The van der Waals surface area contributed by atoms with Crippen LogP contribution in [0.2, 0.25) is 5.02 Å². The smallest absolute Gasteiger partial charge is 1.00 e. The van der Waals surface area contributed by atoms with Crippen LogP contribution in [0.1, 0.15) is 14.6 Å². The van der Waals surface area contributed by atoms with E-state index in [4.69, 9.17) is 21.1 Å². The van der Waals surface area contributed by atoms with Gasteiger partial charge in [0.05, 0.1) is 32.6 Å². The summed E-state index contributed by atoms with van der Waals surface area (Å²) in [5.74, 6) is 0. The van der Waals surface area contributed by atoms with Crippen LogP contribution in [0.3, 0.4) is 0 Å². The molecule has 2 saturated heterocycles. The molecule has 1 aromatic carbocycles. The second-order valence-electron chi connectivity index (χ2n) is 5.22. The van der Waals surface area contributed by atoms with Crippen molar-refractivity contribution < 1.29 is 12.3 Å². The quantitative estimate of drug-likeness (QED) is 0.793. The molecule has 2 fully saturated rings. The average molecular weight is 323 g/mol. The standard InChI is InChI=1S/C15H21ClN2O2.Mg.2H/c16-14-3-1-13(2-4-14)15(17-5-9-19-10-6-17)18-7-11-20-12-8-18;;;/h1-4,15H,5-12H2;;;/q;+2;2*-1. The zero-order chi connectivity index (χ0) is 13.8. The SMILES string of the molecule is Clc1ccc(C(N2CCOCC2)N2CCOCC2)cc1.[H-].[H-].[Mg+2]. The first kappa shape index (κ1) is 17.5. The van der Waals surface area contributed by atoms with E-state index < -0.39 is 0 Å². The van der Waals surface area contributed by atoms with Gasteiger partial charge >= 0.3 is 23.1 Å². The number of morpholine rings is 2. The zero-order valence-corrected chi connectivity index (χ0v) is 14.5. The van der Waals surface area contributed by atoms with Gasteiger partial charge in [-0.05, 0) is 17.7 Å². The van der Waals surface area contributed by atoms with Crippen molar-refractivity contribution in [2.45, 2.75) is 6.17 Å². The summed E-state index contributed by atoms with van der Waals surface area (Å²) in [6.45, 7) is 7.16. The van der Waals surface area contributed by atoms with Gasteiger partial charge < -0.3 is 12.3 Å². The monoisotopic (exact) mass is 322 g/mol. The predicted octanol–water partition coefficient (Wildman–Crippen LogP) is 1.85. The molecule has 0 amide bonds. The van der Waals surface area contributed by atoms with Crippen molar-refractivity contribution in [3.05, 3.63) is 34.9 Å². The van der Waals surface area contributed by atoms with Crippen molar-refractivity contribution >= 4 is 34.7 Å². The summed E-state index contributed by atoms with van der Waals surface area (Å²) >= 11 is 6.02. The van der Waals surface area contributed by atoms with Crippen molar-refractivity contribution in [3.8, 4) is 0 Å². The third-order valence-electron chi connectivity index (χ3n) is 3.95. The van der Waals surface area contributed by atoms with Crippen LogP contribution >= 0.6 is 11.6 Å². The van der Waals surface area contributed by atoms with Crippen LogP contribution in [-0.4, -0.2) is 85.5 Å². The Hall–Kier alpha value is 0.116. The molecule has 0 atom stereocenters. The fraction of sp³-hybridized carbons (Fsp3) is 0.600. The molecule has 0 saturated carbocycles.